The van der Waals surface area contributed by atoms with Crippen molar-refractivity contribution >= 4 is 0 Å². The van der Waals surface area contributed by atoms with E-state index < -0.39 is 0 Å². The van der Waals surface area contributed by atoms with E-state index in [2.05, 4.69) is 39.2 Å². The Morgan fingerprint density at radius 3 is 2.17 bits per heavy atom. The molecule has 0 radical (unpaired) electrons. The third-order valence-corrected chi connectivity index (χ3v) is 4.24. The monoisotopic (exact) mass is 246 g/mol. The molecule has 0 aromatic carbocycles. The molecule has 2 atom stereocenters. The molecule has 0 saturated carbocycles. The van der Waals surface area contributed by atoms with Crippen LogP contribution >= 0.6 is 0 Å². The van der Waals surface area contributed by atoms with Gasteiger partial charge in [-0.05, 0) is 50.4 Å². The van der Waals surface area contributed by atoms with E-state index in [1.54, 1.807) is 11.1 Å². The minimum Gasteiger partial charge on any atom is -0.103 e. The molecule has 0 nitrogen and oxygen atoms in total. The smallest absolute Gasteiger partial charge is 0.0167 e. The average molecular weight is 246 g/mol. The van der Waals surface area contributed by atoms with Gasteiger partial charge in [-0.3, -0.25) is 0 Å². The van der Waals surface area contributed by atoms with Crippen LogP contribution < -0.4 is 0 Å². The first kappa shape index (κ1) is 15.3. The van der Waals surface area contributed by atoms with E-state index in [1.807, 2.05) is 0 Å². The minimum absolute atomic E-state index is 0.701. The van der Waals surface area contributed by atoms with Crippen LogP contribution in [0.1, 0.15) is 65.2 Å². The van der Waals surface area contributed by atoms with E-state index in [0.717, 1.165) is 12.3 Å². The molecule has 0 heteroatoms. The van der Waals surface area contributed by atoms with Crippen LogP contribution in [0.15, 0.2) is 36.5 Å². The van der Waals surface area contributed by atoms with Crippen molar-refractivity contribution in [3.8, 4) is 0 Å². The Morgan fingerprint density at radius 1 is 1.06 bits per heavy atom. The van der Waals surface area contributed by atoms with Crippen LogP contribution in [-0.2, 0) is 0 Å². The molecule has 0 spiro atoms. The zero-order valence-electron chi connectivity index (χ0n) is 12.4. The molecule has 0 amide bonds. The first-order valence-electron chi connectivity index (χ1n) is 7.69. The molecule has 0 heterocycles. The van der Waals surface area contributed by atoms with Gasteiger partial charge in [-0.25, -0.2) is 0 Å². The second-order valence-corrected chi connectivity index (χ2v) is 5.64. The summed E-state index contributed by atoms with van der Waals surface area (Å²) < 4.78 is 0. The van der Waals surface area contributed by atoms with Gasteiger partial charge in [0, 0.05) is 0 Å². The lowest BCUT2D eigenvalue weighted by molar-refractivity contribution is 0.336. The number of hydrogen-bond donors (Lipinski definition) is 0. The summed E-state index contributed by atoms with van der Waals surface area (Å²) in [6.45, 7) is 12.5. The Balaban J connectivity index is 2.80. The molecular weight excluding hydrogens is 216 g/mol. The van der Waals surface area contributed by atoms with E-state index in [-0.39, 0.29) is 0 Å². The largest absolute Gasteiger partial charge is 0.103 e. The Bertz CT molecular complexity index is 295. The van der Waals surface area contributed by atoms with E-state index in [1.165, 1.54) is 44.9 Å². The molecule has 0 N–H and O–H groups in total. The highest BCUT2D eigenvalue weighted by Crippen LogP contribution is 2.40. The van der Waals surface area contributed by atoms with Gasteiger partial charge >= 0.3 is 0 Å². The van der Waals surface area contributed by atoms with Gasteiger partial charge in [0.05, 0.1) is 0 Å². The molecule has 0 aromatic rings. The molecule has 0 bridgehead atoms. The fraction of sp³-hybridized carbons (Fsp3) is 0.667. The molecule has 0 aliphatic heterocycles. The minimum atomic E-state index is 0.701. The molecule has 2 unspecified atom stereocenters. The predicted octanol–water partition coefficient (Wildman–Crippen LogP) is 6.06. The highest BCUT2D eigenvalue weighted by Gasteiger charge is 2.26. The number of allylic oxidation sites excluding steroid dienone is 4. The van der Waals surface area contributed by atoms with Gasteiger partial charge in [0.25, 0.3) is 0 Å². The maximum absolute atomic E-state index is 4.06. The quantitative estimate of drug-likeness (QED) is 0.456. The van der Waals surface area contributed by atoms with Crippen molar-refractivity contribution in [1.82, 2.24) is 0 Å². The van der Waals surface area contributed by atoms with Crippen LogP contribution in [0.4, 0.5) is 0 Å². The van der Waals surface area contributed by atoms with Gasteiger partial charge in [-0.2, -0.15) is 0 Å². The molecule has 1 aliphatic carbocycles. The maximum atomic E-state index is 4.06. The van der Waals surface area contributed by atoms with E-state index in [9.17, 15) is 0 Å². The fourth-order valence-corrected chi connectivity index (χ4v) is 3.29. The van der Waals surface area contributed by atoms with Gasteiger partial charge in [-0.15, -0.1) is 13.2 Å². The Morgan fingerprint density at radius 2 is 1.67 bits per heavy atom. The summed E-state index contributed by atoms with van der Waals surface area (Å²) in [5.74, 6) is 1.51. The van der Waals surface area contributed by atoms with Crippen LogP contribution in [0.2, 0.25) is 0 Å². The topological polar surface area (TPSA) is 0 Å². The van der Waals surface area contributed by atoms with E-state index in [0.29, 0.717) is 5.92 Å². The fourth-order valence-electron chi connectivity index (χ4n) is 3.29. The maximum Gasteiger partial charge on any atom is -0.0167 e. The standard InChI is InChI=1S/C18H30/c1-5-9-12-18-14-17(11-7-3)16(10-6-2)13-15(18)8-4/h5,8,15,18H,1,4,6-7,9-14H2,2-3H3. The third-order valence-electron chi connectivity index (χ3n) is 4.24. The zero-order chi connectivity index (χ0) is 13.4. The molecule has 18 heavy (non-hydrogen) atoms. The van der Waals surface area contributed by atoms with E-state index in [4.69, 9.17) is 0 Å². The van der Waals surface area contributed by atoms with Crippen molar-refractivity contribution in [3.05, 3.63) is 36.5 Å². The van der Waals surface area contributed by atoms with Crippen LogP contribution in [0.3, 0.4) is 0 Å². The van der Waals surface area contributed by atoms with Crippen LogP contribution in [-0.4, -0.2) is 0 Å². The summed E-state index contributed by atoms with van der Waals surface area (Å²) >= 11 is 0. The molecule has 1 aliphatic rings. The Hall–Kier alpha value is -0.780. The Kier molecular flexibility index (Phi) is 7.08. The van der Waals surface area contributed by atoms with Gasteiger partial charge < -0.3 is 0 Å². The highest BCUT2D eigenvalue weighted by atomic mass is 14.3. The van der Waals surface area contributed by atoms with Crippen molar-refractivity contribution in [2.75, 3.05) is 0 Å². The first-order valence-corrected chi connectivity index (χ1v) is 7.69. The van der Waals surface area contributed by atoms with Gasteiger partial charge in [-0.1, -0.05) is 50.0 Å². The highest BCUT2D eigenvalue weighted by molar-refractivity contribution is 5.21. The summed E-state index contributed by atoms with van der Waals surface area (Å²) in [4.78, 5) is 0. The summed E-state index contributed by atoms with van der Waals surface area (Å²) in [6.07, 6.45) is 14.5. The molecule has 102 valence electrons. The van der Waals surface area contributed by atoms with E-state index >= 15 is 0 Å². The summed E-state index contributed by atoms with van der Waals surface area (Å²) in [7, 11) is 0. The zero-order valence-corrected chi connectivity index (χ0v) is 12.4. The van der Waals surface area contributed by atoms with Crippen molar-refractivity contribution < 1.29 is 0 Å². The number of rotatable bonds is 8. The average Bonchev–Trinajstić information content (AvgIpc) is 2.39. The van der Waals surface area contributed by atoms with Crippen LogP contribution in [0.25, 0.3) is 0 Å². The second kappa shape index (κ2) is 8.34. The lowest BCUT2D eigenvalue weighted by atomic mass is 9.72. The molecule has 0 fully saturated rings. The molecule has 1 rings (SSSR count). The van der Waals surface area contributed by atoms with Crippen LogP contribution in [0, 0.1) is 11.8 Å². The second-order valence-electron chi connectivity index (χ2n) is 5.64. The van der Waals surface area contributed by atoms with Gasteiger partial charge in [0.2, 0.25) is 0 Å². The van der Waals surface area contributed by atoms with Gasteiger partial charge in [0.1, 0.15) is 0 Å². The summed E-state index contributed by atoms with van der Waals surface area (Å²) in [5, 5.41) is 0. The normalized spacial score (nSPS) is 24.1. The lowest BCUT2D eigenvalue weighted by Gasteiger charge is -2.33. The SMILES string of the molecule is C=CCCC1CC(CCC)=C(CCC)CC1C=C. The van der Waals surface area contributed by atoms with Crippen molar-refractivity contribution in [1.29, 1.82) is 0 Å². The van der Waals surface area contributed by atoms with Crippen molar-refractivity contribution in [2.24, 2.45) is 11.8 Å². The number of hydrogen-bond acceptors (Lipinski definition) is 0. The summed E-state index contributed by atoms with van der Waals surface area (Å²) in [6, 6.07) is 0. The summed E-state index contributed by atoms with van der Waals surface area (Å²) in [5.41, 5.74) is 3.52. The molecule has 0 aromatic heterocycles. The Labute approximate surface area is 114 Å². The van der Waals surface area contributed by atoms with Gasteiger partial charge in [0.15, 0.2) is 0 Å². The molecular formula is C18H30. The van der Waals surface area contributed by atoms with Crippen molar-refractivity contribution in [2.45, 2.75) is 65.2 Å². The van der Waals surface area contributed by atoms with Crippen LogP contribution in [0.5, 0.6) is 0 Å². The van der Waals surface area contributed by atoms with Crippen molar-refractivity contribution in [3.63, 3.8) is 0 Å². The third kappa shape index (κ3) is 4.15. The molecule has 0 saturated heterocycles. The first-order chi connectivity index (χ1) is 8.76. The lowest BCUT2D eigenvalue weighted by Crippen LogP contribution is -2.20. The predicted molar refractivity (Wildman–Crippen MR) is 82.7 cm³/mol.